The predicted molar refractivity (Wildman–Crippen MR) is 45.5 cm³/mol. The van der Waals surface area contributed by atoms with Gasteiger partial charge in [-0.25, -0.2) is 4.98 Å². The van der Waals surface area contributed by atoms with Gasteiger partial charge in [0.25, 0.3) is 0 Å². The number of rotatable bonds is 2. The van der Waals surface area contributed by atoms with Crippen molar-refractivity contribution in [2.24, 2.45) is 11.7 Å². The average Bonchev–Trinajstić information content (AvgIpc) is 2.59. The van der Waals surface area contributed by atoms with Crippen LogP contribution in [-0.4, -0.2) is 15.2 Å². The first kappa shape index (κ1) is 7.73. The van der Waals surface area contributed by atoms with Crippen molar-refractivity contribution in [2.45, 2.75) is 32.2 Å². The molecule has 1 heterocycles. The van der Waals surface area contributed by atoms with Crippen LogP contribution in [0.3, 0.4) is 0 Å². The SMILES string of the molecule is CC(N)c1n[nH]c(C2CC2C)n1. The van der Waals surface area contributed by atoms with E-state index in [0.717, 1.165) is 17.6 Å². The highest BCUT2D eigenvalue weighted by Crippen LogP contribution is 2.45. The Balaban J connectivity index is 2.14. The Hall–Kier alpha value is -0.900. The number of nitrogens with one attached hydrogen (secondary N) is 1. The minimum Gasteiger partial charge on any atom is -0.321 e. The Bertz CT molecular complexity index is 278. The molecule has 1 fully saturated rings. The van der Waals surface area contributed by atoms with Crippen LogP contribution < -0.4 is 5.73 Å². The van der Waals surface area contributed by atoms with Gasteiger partial charge in [-0.15, -0.1) is 0 Å². The van der Waals surface area contributed by atoms with E-state index in [1.165, 1.54) is 6.42 Å². The van der Waals surface area contributed by atoms with Gasteiger partial charge >= 0.3 is 0 Å². The lowest BCUT2D eigenvalue weighted by Gasteiger charge is -1.94. The smallest absolute Gasteiger partial charge is 0.167 e. The van der Waals surface area contributed by atoms with Crippen molar-refractivity contribution in [3.8, 4) is 0 Å². The van der Waals surface area contributed by atoms with E-state index in [9.17, 15) is 0 Å². The second-order valence-corrected chi connectivity index (χ2v) is 3.69. The standard InChI is InChI=1S/C8H14N4/c1-4-3-6(4)8-10-7(5(2)9)11-12-8/h4-6H,3,9H2,1-2H3,(H,10,11,12). The van der Waals surface area contributed by atoms with Gasteiger partial charge in [-0.2, -0.15) is 5.10 Å². The molecule has 1 aromatic rings. The summed E-state index contributed by atoms with van der Waals surface area (Å²) in [4.78, 5) is 4.33. The third kappa shape index (κ3) is 1.22. The molecule has 1 aliphatic carbocycles. The van der Waals surface area contributed by atoms with Crippen molar-refractivity contribution >= 4 is 0 Å². The zero-order valence-corrected chi connectivity index (χ0v) is 7.41. The first-order valence-corrected chi connectivity index (χ1v) is 4.36. The van der Waals surface area contributed by atoms with E-state index in [2.05, 4.69) is 22.1 Å². The first-order valence-electron chi connectivity index (χ1n) is 4.36. The summed E-state index contributed by atoms with van der Waals surface area (Å²) < 4.78 is 0. The zero-order valence-electron chi connectivity index (χ0n) is 7.41. The summed E-state index contributed by atoms with van der Waals surface area (Å²) in [5, 5.41) is 6.99. The van der Waals surface area contributed by atoms with E-state index in [1.54, 1.807) is 0 Å². The number of nitrogens with zero attached hydrogens (tertiary/aromatic N) is 2. The van der Waals surface area contributed by atoms with Crippen LogP contribution in [0.2, 0.25) is 0 Å². The van der Waals surface area contributed by atoms with Crippen LogP contribution in [0.15, 0.2) is 0 Å². The summed E-state index contributed by atoms with van der Waals surface area (Å²) in [6, 6.07) is -0.0657. The maximum atomic E-state index is 5.64. The summed E-state index contributed by atoms with van der Waals surface area (Å²) >= 11 is 0. The van der Waals surface area contributed by atoms with Crippen molar-refractivity contribution in [3.63, 3.8) is 0 Å². The highest BCUT2D eigenvalue weighted by atomic mass is 15.2. The maximum Gasteiger partial charge on any atom is 0.167 e. The van der Waals surface area contributed by atoms with Crippen LogP contribution in [-0.2, 0) is 0 Å². The molecule has 2 rings (SSSR count). The van der Waals surface area contributed by atoms with Crippen molar-refractivity contribution in [3.05, 3.63) is 11.6 Å². The zero-order chi connectivity index (χ0) is 8.72. The predicted octanol–water partition coefficient (Wildman–Crippen LogP) is 0.948. The molecule has 66 valence electrons. The van der Waals surface area contributed by atoms with Crippen LogP contribution in [0.5, 0.6) is 0 Å². The van der Waals surface area contributed by atoms with E-state index in [4.69, 9.17) is 5.73 Å². The molecule has 3 atom stereocenters. The molecule has 4 heteroatoms. The molecule has 0 spiro atoms. The average molecular weight is 166 g/mol. The lowest BCUT2D eigenvalue weighted by molar-refractivity contribution is 0.744. The van der Waals surface area contributed by atoms with Crippen molar-refractivity contribution in [2.75, 3.05) is 0 Å². The van der Waals surface area contributed by atoms with Gasteiger partial charge in [0.2, 0.25) is 0 Å². The van der Waals surface area contributed by atoms with Crippen LogP contribution in [0.25, 0.3) is 0 Å². The Morgan fingerprint density at radius 2 is 2.33 bits per heavy atom. The maximum absolute atomic E-state index is 5.64. The van der Waals surface area contributed by atoms with E-state index >= 15 is 0 Å². The molecular weight excluding hydrogens is 152 g/mol. The van der Waals surface area contributed by atoms with E-state index in [-0.39, 0.29) is 6.04 Å². The Morgan fingerprint density at radius 3 is 2.75 bits per heavy atom. The van der Waals surface area contributed by atoms with Crippen molar-refractivity contribution < 1.29 is 0 Å². The van der Waals surface area contributed by atoms with Crippen molar-refractivity contribution in [1.29, 1.82) is 0 Å². The van der Waals surface area contributed by atoms with Gasteiger partial charge in [0.05, 0.1) is 6.04 Å². The summed E-state index contributed by atoms with van der Waals surface area (Å²) in [7, 11) is 0. The number of aromatic nitrogens is 3. The number of H-pyrrole nitrogens is 1. The lowest BCUT2D eigenvalue weighted by Crippen LogP contribution is -2.06. The fourth-order valence-corrected chi connectivity index (χ4v) is 1.36. The van der Waals surface area contributed by atoms with E-state index < -0.39 is 0 Å². The van der Waals surface area contributed by atoms with Crippen LogP contribution in [0, 0.1) is 5.92 Å². The summed E-state index contributed by atoms with van der Waals surface area (Å²) in [5.41, 5.74) is 5.64. The summed E-state index contributed by atoms with van der Waals surface area (Å²) in [6.07, 6.45) is 1.23. The summed E-state index contributed by atoms with van der Waals surface area (Å²) in [5.74, 6) is 3.10. The number of hydrogen-bond donors (Lipinski definition) is 2. The van der Waals surface area contributed by atoms with E-state index in [1.807, 2.05) is 6.92 Å². The van der Waals surface area contributed by atoms with Crippen molar-refractivity contribution in [1.82, 2.24) is 15.2 Å². The molecule has 12 heavy (non-hydrogen) atoms. The highest BCUT2D eigenvalue weighted by Gasteiger charge is 2.36. The van der Waals surface area contributed by atoms with Gasteiger partial charge < -0.3 is 5.73 Å². The fraction of sp³-hybridized carbons (Fsp3) is 0.750. The molecule has 1 aromatic heterocycles. The topological polar surface area (TPSA) is 67.6 Å². The molecule has 4 nitrogen and oxygen atoms in total. The number of aromatic amines is 1. The molecular formula is C8H14N4. The van der Waals surface area contributed by atoms with Crippen LogP contribution >= 0.6 is 0 Å². The molecule has 1 aliphatic rings. The molecule has 0 bridgehead atoms. The number of hydrogen-bond acceptors (Lipinski definition) is 3. The van der Waals surface area contributed by atoms with E-state index in [0.29, 0.717) is 5.92 Å². The quantitative estimate of drug-likeness (QED) is 0.687. The second-order valence-electron chi connectivity index (χ2n) is 3.69. The van der Waals surface area contributed by atoms with Gasteiger partial charge in [-0.05, 0) is 19.3 Å². The van der Waals surface area contributed by atoms with Gasteiger partial charge in [0.1, 0.15) is 5.82 Å². The third-order valence-electron chi connectivity index (χ3n) is 2.39. The van der Waals surface area contributed by atoms with Crippen LogP contribution in [0.1, 0.15) is 43.9 Å². The first-order chi connectivity index (χ1) is 5.68. The fourth-order valence-electron chi connectivity index (χ4n) is 1.36. The Labute approximate surface area is 71.6 Å². The minimum absolute atomic E-state index is 0.0657. The molecule has 0 aliphatic heterocycles. The molecule has 1 saturated carbocycles. The molecule has 3 unspecified atom stereocenters. The van der Waals surface area contributed by atoms with Gasteiger partial charge in [0, 0.05) is 5.92 Å². The normalized spacial score (nSPS) is 30.2. The lowest BCUT2D eigenvalue weighted by atomic mass is 10.3. The molecule has 3 N–H and O–H groups in total. The molecule has 0 radical (unpaired) electrons. The summed E-state index contributed by atoms with van der Waals surface area (Å²) in [6.45, 7) is 4.11. The minimum atomic E-state index is -0.0657. The van der Waals surface area contributed by atoms with Gasteiger partial charge in [-0.3, -0.25) is 5.10 Å². The third-order valence-corrected chi connectivity index (χ3v) is 2.39. The van der Waals surface area contributed by atoms with Crippen LogP contribution in [0.4, 0.5) is 0 Å². The Morgan fingerprint density at radius 1 is 1.67 bits per heavy atom. The number of nitrogens with two attached hydrogens (primary N) is 1. The Kier molecular flexibility index (Phi) is 1.65. The van der Waals surface area contributed by atoms with Gasteiger partial charge in [-0.1, -0.05) is 6.92 Å². The highest BCUT2D eigenvalue weighted by molar-refractivity contribution is 5.09. The second kappa shape index (κ2) is 2.55. The monoisotopic (exact) mass is 166 g/mol. The molecule has 0 aromatic carbocycles. The van der Waals surface area contributed by atoms with Gasteiger partial charge in [0.15, 0.2) is 5.82 Å². The molecule has 0 saturated heterocycles. The largest absolute Gasteiger partial charge is 0.321 e. The molecule has 0 amide bonds.